The summed E-state index contributed by atoms with van der Waals surface area (Å²) in [6.07, 6.45) is 0. The number of carboxylic acids is 1. The van der Waals surface area contributed by atoms with Gasteiger partial charge in [0.05, 0.1) is 5.92 Å². The predicted octanol–water partition coefficient (Wildman–Crippen LogP) is 2.30. The van der Waals surface area contributed by atoms with Gasteiger partial charge in [0, 0.05) is 5.69 Å². The molecule has 0 bridgehead atoms. The van der Waals surface area contributed by atoms with E-state index < -0.39 is 5.97 Å². The molecule has 0 spiro atoms. The van der Waals surface area contributed by atoms with Crippen LogP contribution in [0.2, 0.25) is 0 Å². The molecule has 3 heteroatoms. The van der Waals surface area contributed by atoms with E-state index in [4.69, 9.17) is 10.8 Å². The quantitative estimate of drug-likeness (QED) is 0.676. The Hall–Kier alpha value is -1.51. The van der Waals surface area contributed by atoms with Gasteiger partial charge in [-0.3, -0.25) is 4.79 Å². The molecule has 0 saturated carbocycles. The molecule has 3 nitrogen and oxygen atoms in total. The molecule has 0 aliphatic carbocycles. The number of aliphatic carboxylic acids is 1. The zero-order valence-electron chi connectivity index (χ0n) is 8.82. The van der Waals surface area contributed by atoms with Gasteiger partial charge in [0.1, 0.15) is 0 Å². The van der Waals surface area contributed by atoms with Crippen molar-refractivity contribution in [2.75, 3.05) is 5.73 Å². The van der Waals surface area contributed by atoms with Gasteiger partial charge < -0.3 is 10.8 Å². The minimum absolute atomic E-state index is 0.231. The lowest BCUT2D eigenvalue weighted by Crippen LogP contribution is -2.03. The number of benzene rings is 1. The fourth-order valence-corrected chi connectivity index (χ4v) is 0.566. The van der Waals surface area contributed by atoms with Crippen LogP contribution in [0, 0.1) is 12.8 Å². The van der Waals surface area contributed by atoms with Gasteiger partial charge in [-0.05, 0) is 19.1 Å². The third-order valence-corrected chi connectivity index (χ3v) is 1.57. The lowest BCUT2D eigenvalue weighted by atomic mass is 10.2. The van der Waals surface area contributed by atoms with Gasteiger partial charge in [-0.2, -0.15) is 0 Å². The first-order chi connectivity index (χ1) is 6.43. The summed E-state index contributed by atoms with van der Waals surface area (Å²) in [5, 5.41) is 7.99. The van der Waals surface area contributed by atoms with E-state index in [0.717, 1.165) is 5.69 Å². The third-order valence-electron chi connectivity index (χ3n) is 1.57. The average molecular weight is 195 g/mol. The van der Waals surface area contributed by atoms with Crippen molar-refractivity contribution in [1.29, 1.82) is 0 Å². The standard InChI is InChI=1S/C7H9N.C4H8O2/c1-6-2-4-7(8)5-3-6;1-3(2)4(5)6/h2-5H,8H2,1H3;3H,1-2H3,(H,5,6). The molecular formula is C11H17NO2. The molecule has 0 radical (unpaired) electrons. The van der Waals surface area contributed by atoms with Crippen LogP contribution >= 0.6 is 0 Å². The highest BCUT2D eigenvalue weighted by Crippen LogP contribution is 2.02. The van der Waals surface area contributed by atoms with Gasteiger partial charge in [0.25, 0.3) is 0 Å². The summed E-state index contributed by atoms with van der Waals surface area (Å²) < 4.78 is 0. The summed E-state index contributed by atoms with van der Waals surface area (Å²) in [5.74, 6) is -0.972. The van der Waals surface area contributed by atoms with E-state index in [1.165, 1.54) is 5.56 Å². The number of nitrogens with two attached hydrogens (primary N) is 1. The van der Waals surface area contributed by atoms with E-state index in [-0.39, 0.29) is 5.92 Å². The van der Waals surface area contributed by atoms with Crippen LogP contribution in [0.25, 0.3) is 0 Å². The molecule has 0 unspecified atom stereocenters. The zero-order valence-corrected chi connectivity index (χ0v) is 8.82. The van der Waals surface area contributed by atoms with Gasteiger partial charge in [-0.25, -0.2) is 0 Å². The maximum atomic E-state index is 9.70. The van der Waals surface area contributed by atoms with Crippen LogP contribution in [0.5, 0.6) is 0 Å². The molecular weight excluding hydrogens is 178 g/mol. The van der Waals surface area contributed by atoms with Crippen LogP contribution in [0.4, 0.5) is 5.69 Å². The monoisotopic (exact) mass is 195 g/mol. The summed E-state index contributed by atoms with van der Waals surface area (Å²) in [7, 11) is 0. The molecule has 0 heterocycles. The third kappa shape index (κ3) is 6.06. The van der Waals surface area contributed by atoms with Crippen molar-refractivity contribution >= 4 is 11.7 Å². The summed E-state index contributed by atoms with van der Waals surface area (Å²) >= 11 is 0. The number of carbonyl (C=O) groups is 1. The van der Waals surface area contributed by atoms with Crippen LogP contribution in [0.15, 0.2) is 24.3 Å². The van der Waals surface area contributed by atoms with Crippen LogP contribution < -0.4 is 5.73 Å². The second-order valence-corrected chi connectivity index (χ2v) is 3.40. The molecule has 1 aromatic carbocycles. The summed E-state index contributed by atoms with van der Waals surface area (Å²) in [6, 6.07) is 7.79. The van der Waals surface area contributed by atoms with Gasteiger partial charge in [0.15, 0.2) is 0 Å². The number of rotatable bonds is 1. The lowest BCUT2D eigenvalue weighted by molar-refractivity contribution is -0.140. The van der Waals surface area contributed by atoms with Crippen molar-refractivity contribution in [2.24, 2.45) is 5.92 Å². The van der Waals surface area contributed by atoms with Crippen LogP contribution in [0.3, 0.4) is 0 Å². The molecule has 0 saturated heterocycles. The SMILES string of the molecule is CC(C)C(=O)O.Cc1ccc(N)cc1. The minimum Gasteiger partial charge on any atom is -0.481 e. The Kier molecular flexibility index (Phi) is 5.37. The summed E-state index contributed by atoms with van der Waals surface area (Å²) in [6.45, 7) is 5.32. The maximum Gasteiger partial charge on any atom is 0.305 e. The molecule has 14 heavy (non-hydrogen) atoms. The Balaban J connectivity index is 0.000000255. The van der Waals surface area contributed by atoms with Crippen LogP contribution in [-0.4, -0.2) is 11.1 Å². The highest BCUT2D eigenvalue weighted by Gasteiger charge is 1.99. The average Bonchev–Trinajstić information content (AvgIpc) is 2.11. The highest BCUT2D eigenvalue weighted by atomic mass is 16.4. The Bertz CT molecular complexity index is 257. The van der Waals surface area contributed by atoms with Crippen molar-refractivity contribution in [3.8, 4) is 0 Å². The number of aryl methyl sites for hydroxylation is 1. The zero-order chi connectivity index (χ0) is 11.1. The number of carboxylic acid groups (broad SMARTS) is 1. The predicted molar refractivity (Wildman–Crippen MR) is 58.1 cm³/mol. The van der Waals surface area contributed by atoms with Gasteiger partial charge in [0.2, 0.25) is 0 Å². The van der Waals surface area contributed by atoms with Gasteiger partial charge in [-0.1, -0.05) is 31.5 Å². The Morgan fingerprint density at radius 3 is 1.86 bits per heavy atom. The van der Waals surface area contributed by atoms with Crippen molar-refractivity contribution in [1.82, 2.24) is 0 Å². The molecule has 78 valence electrons. The van der Waals surface area contributed by atoms with Gasteiger partial charge >= 0.3 is 5.97 Å². The fraction of sp³-hybridized carbons (Fsp3) is 0.364. The maximum absolute atomic E-state index is 9.70. The smallest absolute Gasteiger partial charge is 0.305 e. The molecule has 0 atom stereocenters. The van der Waals surface area contributed by atoms with Crippen molar-refractivity contribution in [3.63, 3.8) is 0 Å². The molecule has 0 aliphatic rings. The van der Waals surface area contributed by atoms with Crippen LogP contribution in [0.1, 0.15) is 19.4 Å². The van der Waals surface area contributed by atoms with E-state index >= 15 is 0 Å². The molecule has 0 amide bonds. The summed E-state index contributed by atoms with van der Waals surface area (Å²) in [5.41, 5.74) is 7.51. The van der Waals surface area contributed by atoms with Crippen LogP contribution in [-0.2, 0) is 4.79 Å². The molecule has 1 rings (SSSR count). The van der Waals surface area contributed by atoms with Gasteiger partial charge in [-0.15, -0.1) is 0 Å². The van der Waals surface area contributed by atoms with Crippen molar-refractivity contribution in [2.45, 2.75) is 20.8 Å². The molecule has 0 aromatic heterocycles. The Morgan fingerprint density at radius 1 is 1.29 bits per heavy atom. The largest absolute Gasteiger partial charge is 0.481 e. The van der Waals surface area contributed by atoms with Crippen molar-refractivity contribution in [3.05, 3.63) is 29.8 Å². The van der Waals surface area contributed by atoms with E-state index in [2.05, 4.69) is 0 Å². The van der Waals surface area contributed by atoms with Crippen molar-refractivity contribution < 1.29 is 9.90 Å². The number of nitrogen functional groups attached to an aromatic ring is 1. The normalized spacial score (nSPS) is 9.14. The minimum atomic E-state index is -0.741. The van der Waals surface area contributed by atoms with E-state index in [1.807, 2.05) is 31.2 Å². The van der Waals surface area contributed by atoms with E-state index in [1.54, 1.807) is 13.8 Å². The molecule has 1 aromatic rings. The molecule has 3 N–H and O–H groups in total. The first kappa shape index (κ1) is 12.5. The topological polar surface area (TPSA) is 63.3 Å². The Labute approximate surface area is 84.6 Å². The molecule has 0 aliphatic heterocycles. The first-order valence-corrected chi connectivity index (χ1v) is 4.48. The molecule has 0 fully saturated rings. The fourth-order valence-electron chi connectivity index (χ4n) is 0.566. The number of hydrogen-bond donors (Lipinski definition) is 2. The second-order valence-electron chi connectivity index (χ2n) is 3.40. The highest BCUT2D eigenvalue weighted by molar-refractivity contribution is 5.68. The first-order valence-electron chi connectivity index (χ1n) is 4.48. The van der Waals surface area contributed by atoms with E-state index in [0.29, 0.717) is 0 Å². The Morgan fingerprint density at radius 2 is 1.64 bits per heavy atom. The van der Waals surface area contributed by atoms with E-state index in [9.17, 15) is 4.79 Å². The number of anilines is 1. The summed E-state index contributed by atoms with van der Waals surface area (Å²) in [4.78, 5) is 9.70. The lowest BCUT2D eigenvalue weighted by Gasteiger charge is -1.90. The second kappa shape index (κ2) is 6.02. The number of hydrogen-bond acceptors (Lipinski definition) is 2.